The minimum absolute atomic E-state index is 0.139. The van der Waals surface area contributed by atoms with Crippen LogP contribution >= 0.6 is 0 Å². The van der Waals surface area contributed by atoms with Crippen LogP contribution in [0.3, 0.4) is 0 Å². The zero-order valence-electron chi connectivity index (χ0n) is 7.78. The van der Waals surface area contributed by atoms with E-state index in [1.807, 2.05) is 12.1 Å². The van der Waals surface area contributed by atoms with Crippen LogP contribution in [0.4, 0.5) is 0 Å². The van der Waals surface area contributed by atoms with Crippen LogP contribution in [-0.4, -0.2) is 18.0 Å². The Morgan fingerprint density at radius 1 is 1.50 bits per heavy atom. The molecule has 1 aromatic carbocycles. The topological polar surface area (TPSA) is 46.5 Å². The number of carbonyl (C=O) groups is 1. The molecule has 0 aromatic heterocycles. The molecule has 14 heavy (non-hydrogen) atoms. The van der Waals surface area contributed by atoms with Gasteiger partial charge in [-0.1, -0.05) is 12.1 Å². The highest BCUT2D eigenvalue weighted by molar-refractivity contribution is 6.14. The molecule has 0 bridgehead atoms. The molecular weight excluding hydrogens is 180 g/mol. The van der Waals surface area contributed by atoms with Crippen molar-refractivity contribution in [2.24, 2.45) is 0 Å². The van der Waals surface area contributed by atoms with Crippen molar-refractivity contribution in [3.63, 3.8) is 0 Å². The van der Waals surface area contributed by atoms with Crippen LogP contribution in [0.1, 0.15) is 15.9 Å². The van der Waals surface area contributed by atoms with Gasteiger partial charge in [0.2, 0.25) is 0 Å². The molecule has 0 unspecified atom stereocenters. The molecular formula is C11H10O3. The van der Waals surface area contributed by atoms with Gasteiger partial charge in [-0.3, -0.25) is 4.79 Å². The van der Waals surface area contributed by atoms with E-state index in [4.69, 9.17) is 9.84 Å². The average molecular weight is 190 g/mol. The molecule has 0 spiro atoms. The SMILES string of the molecule is COc1cccc2c1C(=O)/C(=C\O)C2. The van der Waals surface area contributed by atoms with Gasteiger partial charge in [-0.05, 0) is 11.6 Å². The van der Waals surface area contributed by atoms with E-state index < -0.39 is 0 Å². The predicted octanol–water partition coefficient (Wildman–Crippen LogP) is 1.88. The summed E-state index contributed by atoms with van der Waals surface area (Å²) in [5, 5.41) is 8.85. The van der Waals surface area contributed by atoms with Gasteiger partial charge in [-0.15, -0.1) is 0 Å². The van der Waals surface area contributed by atoms with Crippen molar-refractivity contribution in [1.29, 1.82) is 0 Å². The summed E-state index contributed by atoms with van der Waals surface area (Å²) in [6.45, 7) is 0. The van der Waals surface area contributed by atoms with Crippen LogP contribution in [0.5, 0.6) is 5.75 Å². The van der Waals surface area contributed by atoms with Crippen molar-refractivity contribution >= 4 is 5.78 Å². The molecule has 1 N–H and O–H groups in total. The van der Waals surface area contributed by atoms with Crippen molar-refractivity contribution in [2.75, 3.05) is 7.11 Å². The highest BCUT2D eigenvalue weighted by Crippen LogP contribution is 2.32. The summed E-state index contributed by atoms with van der Waals surface area (Å²) in [5.41, 5.74) is 1.91. The van der Waals surface area contributed by atoms with Gasteiger partial charge < -0.3 is 9.84 Å². The number of benzene rings is 1. The largest absolute Gasteiger partial charge is 0.515 e. The smallest absolute Gasteiger partial charge is 0.196 e. The van der Waals surface area contributed by atoms with Crippen LogP contribution in [0.2, 0.25) is 0 Å². The van der Waals surface area contributed by atoms with E-state index in [1.54, 1.807) is 6.07 Å². The highest BCUT2D eigenvalue weighted by Gasteiger charge is 2.28. The van der Waals surface area contributed by atoms with Gasteiger partial charge in [0.15, 0.2) is 5.78 Å². The molecule has 3 nitrogen and oxygen atoms in total. The molecule has 0 heterocycles. The summed E-state index contributed by atoms with van der Waals surface area (Å²) in [5.74, 6) is 0.435. The minimum Gasteiger partial charge on any atom is -0.515 e. The predicted molar refractivity (Wildman–Crippen MR) is 51.7 cm³/mol. The number of allylic oxidation sites excluding steroid dienone is 1. The van der Waals surface area contributed by atoms with E-state index in [9.17, 15) is 4.79 Å². The van der Waals surface area contributed by atoms with E-state index >= 15 is 0 Å². The lowest BCUT2D eigenvalue weighted by molar-refractivity contribution is 0.103. The lowest BCUT2D eigenvalue weighted by Gasteiger charge is -2.03. The van der Waals surface area contributed by atoms with E-state index in [-0.39, 0.29) is 5.78 Å². The summed E-state index contributed by atoms with van der Waals surface area (Å²) >= 11 is 0. The number of ether oxygens (including phenoxy) is 1. The number of aliphatic hydroxyl groups excluding tert-OH is 1. The first-order valence-corrected chi connectivity index (χ1v) is 4.31. The molecule has 3 heteroatoms. The Morgan fingerprint density at radius 2 is 2.29 bits per heavy atom. The monoisotopic (exact) mass is 190 g/mol. The Kier molecular flexibility index (Phi) is 2.00. The Bertz CT molecular complexity index is 419. The average Bonchev–Trinajstić information content (AvgIpc) is 2.55. The van der Waals surface area contributed by atoms with Gasteiger partial charge in [0.05, 0.1) is 18.9 Å². The fraction of sp³-hybridized carbons (Fsp3) is 0.182. The maximum absolute atomic E-state index is 11.7. The number of Topliss-reactive ketones (excluding diaryl/α,β-unsaturated/α-hetero) is 1. The molecule has 0 saturated carbocycles. The number of aliphatic hydroxyl groups is 1. The maximum Gasteiger partial charge on any atom is 0.196 e. The number of ketones is 1. The van der Waals surface area contributed by atoms with Crippen LogP contribution in [0, 0.1) is 0 Å². The fourth-order valence-corrected chi connectivity index (χ4v) is 1.70. The first-order chi connectivity index (χ1) is 6.77. The first kappa shape index (κ1) is 8.81. The number of hydrogen-bond donors (Lipinski definition) is 1. The van der Waals surface area contributed by atoms with Crippen molar-refractivity contribution < 1.29 is 14.6 Å². The molecule has 0 aliphatic heterocycles. The first-order valence-electron chi connectivity index (χ1n) is 4.31. The Labute approximate surface area is 81.6 Å². The number of hydrogen-bond acceptors (Lipinski definition) is 3. The van der Waals surface area contributed by atoms with Crippen LogP contribution in [-0.2, 0) is 6.42 Å². The van der Waals surface area contributed by atoms with Crippen LogP contribution in [0.15, 0.2) is 30.0 Å². The van der Waals surface area contributed by atoms with Crippen LogP contribution in [0.25, 0.3) is 0 Å². The van der Waals surface area contributed by atoms with E-state index in [2.05, 4.69) is 0 Å². The highest BCUT2D eigenvalue weighted by atomic mass is 16.5. The third-order valence-electron chi connectivity index (χ3n) is 2.39. The van der Waals surface area contributed by atoms with Crippen LogP contribution < -0.4 is 4.74 Å². The number of fused-ring (bicyclic) bond motifs is 1. The van der Waals surface area contributed by atoms with Gasteiger partial charge in [0.25, 0.3) is 0 Å². The molecule has 1 aromatic rings. The van der Waals surface area contributed by atoms with Gasteiger partial charge in [-0.25, -0.2) is 0 Å². The Balaban J connectivity index is 2.60. The van der Waals surface area contributed by atoms with Crippen molar-refractivity contribution in [1.82, 2.24) is 0 Å². The molecule has 72 valence electrons. The molecule has 0 amide bonds. The Morgan fingerprint density at radius 3 is 2.93 bits per heavy atom. The molecule has 0 atom stereocenters. The third kappa shape index (κ3) is 1.09. The van der Waals surface area contributed by atoms with Gasteiger partial charge >= 0.3 is 0 Å². The number of rotatable bonds is 1. The summed E-state index contributed by atoms with van der Waals surface area (Å²) in [4.78, 5) is 11.7. The van der Waals surface area contributed by atoms with E-state index in [0.29, 0.717) is 23.3 Å². The summed E-state index contributed by atoms with van der Waals surface area (Å²) in [7, 11) is 1.53. The quantitative estimate of drug-likeness (QED) is 0.543. The third-order valence-corrected chi connectivity index (χ3v) is 2.39. The van der Waals surface area contributed by atoms with E-state index in [1.165, 1.54) is 7.11 Å². The summed E-state index contributed by atoms with van der Waals surface area (Å²) in [6, 6.07) is 5.45. The number of carbonyl (C=O) groups excluding carboxylic acids is 1. The maximum atomic E-state index is 11.7. The molecule has 1 aliphatic rings. The second kappa shape index (κ2) is 3.18. The molecule has 0 radical (unpaired) electrons. The van der Waals surface area contributed by atoms with Gasteiger partial charge in [0.1, 0.15) is 5.75 Å². The normalized spacial score (nSPS) is 17.2. The van der Waals surface area contributed by atoms with Crippen molar-refractivity contribution in [2.45, 2.75) is 6.42 Å². The number of methoxy groups -OCH3 is 1. The zero-order valence-corrected chi connectivity index (χ0v) is 7.78. The fourth-order valence-electron chi connectivity index (χ4n) is 1.70. The summed E-state index contributed by atoms with van der Waals surface area (Å²) in [6.07, 6.45) is 1.36. The molecule has 0 fully saturated rings. The zero-order chi connectivity index (χ0) is 10.1. The minimum atomic E-state index is -0.139. The lowest BCUT2D eigenvalue weighted by Crippen LogP contribution is -1.98. The van der Waals surface area contributed by atoms with Crippen molar-refractivity contribution in [3.8, 4) is 5.75 Å². The van der Waals surface area contributed by atoms with E-state index in [0.717, 1.165) is 11.8 Å². The standard InChI is InChI=1S/C11H10O3/c1-14-9-4-2-3-7-5-8(6-12)11(13)10(7)9/h2-4,6,12H,5H2,1H3/b8-6-. The summed E-state index contributed by atoms with van der Waals surface area (Å²) < 4.78 is 5.09. The lowest BCUT2D eigenvalue weighted by atomic mass is 10.1. The molecule has 0 saturated heterocycles. The van der Waals surface area contributed by atoms with Crippen molar-refractivity contribution in [3.05, 3.63) is 41.2 Å². The molecule has 2 rings (SSSR count). The second-order valence-corrected chi connectivity index (χ2v) is 3.15. The van der Waals surface area contributed by atoms with Gasteiger partial charge in [-0.2, -0.15) is 0 Å². The Hall–Kier alpha value is -1.77. The molecule has 1 aliphatic carbocycles. The van der Waals surface area contributed by atoms with Gasteiger partial charge in [0, 0.05) is 12.0 Å². The second-order valence-electron chi connectivity index (χ2n) is 3.15.